The van der Waals surface area contributed by atoms with Crippen molar-refractivity contribution in [2.45, 2.75) is 0 Å². The predicted octanol–water partition coefficient (Wildman–Crippen LogP) is 4.03. The second kappa shape index (κ2) is 8.52. The van der Waals surface area contributed by atoms with Crippen molar-refractivity contribution >= 4 is 33.6 Å². The summed E-state index contributed by atoms with van der Waals surface area (Å²) in [5, 5.41) is 0.343. The molecule has 136 valence electrons. The number of methoxy groups -OCH3 is 2. The van der Waals surface area contributed by atoms with Gasteiger partial charge in [-0.05, 0) is 22.6 Å². The topological polar surface area (TPSA) is 67.1 Å². The molecule has 0 aliphatic heterocycles. The van der Waals surface area contributed by atoms with Gasteiger partial charge in [-0.15, -0.1) is 0 Å². The van der Waals surface area contributed by atoms with Crippen LogP contribution in [0.25, 0.3) is 22.3 Å². The van der Waals surface area contributed by atoms with Crippen molar-refractivity contribution in [3.63, 3.8) is 0 Å². The van der Waals surface area contributed by atoms with Crippen LogP contribution in [0.15, 0.2) is 51.7 Å². The molecule has 7 heteroatoms. The molecule has 0 saturated heterocycles. The van der Waals surface area contributed by atoms with E-state index in [0.29, 0.717) is 31.8 Å². The molecule has 2 aromatic carbocycles. The van der Waals surface area contributed by atoms with E-state index in [1.165, 1.54) is 20.3 Å². The number of ether oxygens (including phenoxy) is 4. The van der Waals surface area contributed by atoms with Crippen molar-refractivity contribution in [3.05, 3.63) is 56.3 Å². The SMILES string of the molecule is COCOc1cc2oc(-c3ccccc3)cc(=O)c2c(OCOC)c1I. The first-order valence-corrected chi connectivity index (χ1v) is 8.82. The first-order valence-electron chi connectivity index (χ1n) is 7.75. The number of rotatable bonds is 7. The van der Waals surface area contributed by atoms with Crippen LogP contribution >= 0.6 is 22.6 Å². The molecule has 0 fully saturated rings. The zero-order valence-corrected chi connectivity index (χ0v) is 16.4. The lowest BCUT2D eigenvalue weighted by Gasteiger charge is -2.14. The number of halogens is 1. The molecule has 0 amide bonds. The van der Waals surface area contributed by atoms with E-state index >= 15 is 0 Å². The first-order chi connectivity index (χ1) is 12.7. The van der Waals surface area contributed by atoms with E-state index in [0.717, 1.165) is 5.56 Å². The highest BCUT2D eigenvalue weighted by molar-refractivity contribution is 14.1. The maximum Gasteiger partial charge on any atom is 0.197 e. The molecule has 0 aliphatic carbocycles. The lowest BCUT2D eigenvalue weighted by molar-refractivity contribution is 0.0455. The van der Waals surface area contributed by atoms with Crippen LogP contribution in [0.4, 0.5) is 0 Å². The normalized spacial score (nSPS) is 10.9. The van der Waals surface area contributed by atoms with Crippen LogP contribution in [0.2, 0.25) is 0 Å². The van der Waals surface area contributed by atoms with Crippen LogP contribution in [0.1, 0.15) is 0 Å². The second-order valence-electron chi connectivity index (χ2n) is 5.33. The Morgan fingerprint density at radius 2 is 1.69 bits per heavy atom. The molecule has 3 aromatic rings. The fourth-order valence-electron chi connectivity index (χ4n) is 2.47. The Hall–Kier alpha value is -2.10. The van der Waals surface area contributed by atoms with Crippen LogP contribution in [0.5, 0.6) is 11.5 Å². The summed E-state index contributed by atoms with van der Waals surface area (Å²) in [5.41, 5.74) is 0.977. The molecule has 0 unspecified atom stereocenters. The summed E-state index contributed by atoms with van der Waals surface area (Å²) in [7, 11) is 3.04. The van der Waals surface area contributed by atoms with Gasteiger partial charge in [0.15, 0.2) is 24.8 Å². The Balaban J connectivity index is 2.22. The maximum atomic E-state index is 12.8. The molecule has 0 saturated carbocycles. The summed E-state index contributed by atoms with van der Waals surface area (Å²) >= 11 is 2.06. The molecule has 6 nitrogen and oxygen atoms in total. The molecule has 0 radical (unpaired) electrons. The highest BCUT2D eigenvalue weighted by Gasteiger charge is 2.19. The molecular weight excluding hydrogens is 451 g/mol. The van der Waals surface area contributed by atoms with Crippen molar-refractivity contribution in [1.29, 1.82) is 0 Å². The summed E-state index contributed by atoms with van der Waals surface area (Å²) in [6.45, 7) is 0.0620. The number of fused-ring (bicyclic) bond motifs is 1. The van der Waals surface area contributed by atoms with E-state index in [1.54, 1.807) is 6.07 Å². The van der Waals surface area contributed by atoms with Crippen LogP contribution < -0.4 is 14.9 Å². The fraction of sp³-hybridized carbons (Fsp3) is 0.211. The Morgan fingerprint density at radius 1 is 1.00 bits per heavy atom. The first kappa shape index (κ1) is 18.7. The average Bonchev–Trinajstić information content (AvgIpc) is 2.66. The molecule has 1 aromatic heterocycles. The minimum atomic E-state index is -0.201. The van der Waals surface area contributed by atoms with Gasteiger partial charge in [0.2, 0.25) is 0 Å². The zero-order chi connectivity index (χ0) is 18.5. The third-order valence-electron chi connectivity index (χ3n) is 3.59. The van der Waals surface area contributed by atoms with E-state index in [1.807, 2.05) is 30.3 Å². The van der Waals surface area contributed by atoms with Gasteiger partial charge in [-0.25, -0.2) is 0 Å². The third-order valence-corrected chi connectivity index (χ3v) is 4.61. The van der Waals surface area contributed by atoms with Gasteiger partial charge in [0, 0.05) is 31.9 Å². The number of hydrogen-bond donors (Lipinski definition) is 0. The third kappa shape index (κ3) is 3.84. The molecule has 0 spiro atoms. The van der Waals surface area contributed by atoms with Crippen molar-refractivity contribution in [3.8, 4) is 22.8 Å². The molecule has 0 atom stereocenters. The van der Waals surface area contributed by atoms with Crippen molar-refractivity contribution < 1.29 is 23.4 Å². The van der Waals surface area contributed by atoms with Crippen LogP contribution in [0, 0.1) is 3.57 Å². The van der Waals surface area contributed by atoms with Gasteiger partial charge < -0.3 is 23.4 Å². The van der Waals surface area contributed by atoms with Crippen LogP contribution in [-0.4, -0.2) is 27.8 Å². The fourth-order valence-corrected chi connectivity index (χ4v) is 3.20. The van der Waals surface area contributed by atoms with Crippen LogP contribution in [-0.2, 0) is 9.47 Å². The van der Waals surface area contributed by atoms with E-state index < -0.39 is 0 Å². The Kier molecular flexibility index (Phi) is 6.12. The van der Waals surface area contributed by atoms with Gasteiger partial charge in [-0.1, -0.05) is 30.3 Å². The number of hydrogen-bond acceptors (Lipinski definition) is 6. The quantitative estimate of drug-likeness (QED) is 0.386. The number of benzene rings is 2. The lowest BCUT2D eigenvalue weighted by atomic mass is 10.1. The van der Waals surface area contributed by atoms with Gasteiger partial charge in [0.05, 0.1) is 3.57 Å². The van der Waals surface area contributed by atoms with Gasteiger partial charge in [0.25, 0.3) is 0 Å². The van der Waals surface area contributed by atoms with Gasteiger partial charge in [0.1, 0.15) is 22.5 Å². The second-order valence-corrected chi connectivity index (χ2v) is 6.41. The zero-order valence-electron chi connectivity index (χ0n) is 14.3. The summed E-state index contributed by atoms with van der Waals surface area (Å²) in [6.07, 6.45) is 0. The average molecular weight is 468 g/mol. The molecule has 0 bridgehead atoms. The highest BCUT2D eigenvalue weighted by Crippen LogP contribution is 2.38. The minimum absolute atomic E-state index is 0.00128. The summed E-state index contributed by atoms with van der Waals surface area (Å²) in [4.78, 5) is 12.8. The largest absolute Gasteiger partial charge is 0.466 e. The van der Waals surface area contributed by atoms with E-state index in [9.17, 15) is 4.79 Å². The summed E-state index contributed by atoms with van der Waals surface area (Å²) in [6, 6.07) is 12.6. The van der Waals surface area contributed by atoms with Crippen molar-refractivity contribution in [2.24, 2.45) is 0 Å². The monoisotopic (exact) mass is 468 g/mol. The van der Waals surface area contributed by atoms with Gasteiger partial charge in [-0.2, -0.15) is 0 Å². The van der Waals surface area contributed by atoms with E-state index in [2.05, 4.69) is 22.6 Å². The summed E-state index contributed by atoms with van der Waals surface area (Å²) < 4.78 is 27.8. The standard InChI is InChI=1S/C19H17IO6/c1-22-10-24-16-9-15-17(19(18(16)20)25-11-23-2)13(21)8-14(26-15)12-6-4-3-5-7-12/h3-9H,10-11H2,1-2H3. The van der Waals surface area contributed by atoms with Gasteiger partial charge in [-0.3, -0.25) is 4.79 Å². The minimum Gasteiger partial charge on any atom is -0.466 e. The van der Waals surface area contributed by atoms with Crippen LogP contribution in [0.3, 0.4) is 0 Å². The van der Waals surface area contributed by atoms with E-state index in [-0.39, 0.29) is 19.0 Å². The Morgan fingerprint density at radius 3 is 2.38 bits per heavy atom. The molecular formula is C19H17IO6. The van der Waals surface area contributed by atoms with E-state index in [4.69, 9.17) is 23.4 Å². The lowest BCUT2D eigenvalue weighted by Crippen LogP contribution is -2.09. The van der Waals surface area contributed by atoms with Crippen molar-refractivity contribution in [1.82, 2.24) is 0 Å². The Labute approximate surface area is 163 Å². The molecule has 0 aliphatic rings. The molecule has 0 N–H and O–H groups in total. The summed E-state index contributed by atoms with van der Waals surface area (Å²) in [5.74, 6) is 1.34. The molecule has 3 rings (SSSR count). The Bertz CT molecular complexity index is 952. The highest BCUT2D eigenvalue weighted by atomic mass is 127. The molecule has 1 heterocycles. The maximum absolute atomic E-state index is 12.8. The van der Waals surface area contributed by atoms with Gasteiger partial charge >= 0.3 is 0 Å². The van der Waals surface area contributed by atoms with Crippen molar-refractivity contribution in [2.75, 3.05) is 27.8 Å². The predicted molar refractivity (Wildman–Crippen MR) is 106 cm³/mol. The molecule has 26 heavy (non-hydrogen) atoms. The smallest absolute Gasteiger partial charge is 0.197 e.